The second kappa shape index (κ2) is 5.27. The Balaban J connectivity index is 2.12. The van der Waals surface area contributed by atoms with Crippen LogP contribution in [0.15, 0.2) is 24.4 Å². The van der Waals surface area contributed by atoms with Crippen molar-refractivity contribution in [3.05, 3.63) is 44.5 Å². The van der Waals surface area contributed by atoms with Gasteiger partial charge in [0.05, 0.1) is 12.7 Å². The second-order valence-electron chi connectivity index (χ2n) is 3.87. The molecule has 0 spiro atoms. The van der Waals surface area contributed by atoms with Gasteiger partial charge in [0.25, 0.3) is 0 Å². The van der Waals surface area contributed by atoms with Crippen molar-refractivity contribution < 1.29 is 0 Å². The molecule has 0 amide bonds. The van der Waals surface area contributed by atoms with Gasteiger partial charge in [0.15, 0.2) is 0 Å². The maximum Gasteiger partial charge on any atom is 0.128 e. The molecule has 1 N–H and O–H groups in total. The third-order valence-electron chi connectivity index (χ3n) is 2.66. The Hall–Kier alpha value is -0.750. The number of halogens is 2. The van der Waals surface area contributed by atoms with E-state index in [1.54, 1.807) is 6.20 Å². The fourth-order valence-corrected chi connectivity index (χ4v) is 2.19. The summed E-state index contributed by atoms with van der Waals surface area (Å²) >= 11 is 8.24. The lowest BCUT2D eigenvalue weighted by Gasteiger charge is -2.10. The highest BCUT2D eigenvalue weighted by Crippen LogP contribution is 2.19. The third-order valence-corrected chi connectivity index (χ3v) is 3.69. The van der Waals surface area contributed by atoms with E-state index in [0.29, 0.717) is 11.7 Å². The smallest absolute Gasteiger partial charge is 0.128 e. The van der Waals surface area contributed by atoms with Gasteiger partial charge in [-0.25, -0.2) is 4.98 Å². The first kappa shape index (κ1) is 12.7. The summed E-state index contributed by atoms with van der Waals surface area (Å²) in [7, 11) is 1.91. The minimum absolute atomic E-state index is 0.654. The van der Waals surface area contributed by atoms with Crippen molar-refractivity contribution in [3.8, 4) is 0 Å². The fourth-order valence-electron chi connectivity index (χ4n) is 1.55. The summed E-state index contributed by atoms with van der Waals surface area (Å²) in [6, 6.07) is 6.33. The highest BCUT2D eigenvalue weighted by atomic mass is 127. The number of nitrogens with one attached hydrogen (secondary N) is 1. The van der Waals surface area contributed by atoms with Gasteiger partial charge >= 0.3 is 0 Å². The molecular formula is C12H13ClIN3. The summed E-state index contributed by atoms with van der Waals surface area (Å²) in [4.78, 5) is 4.25. The largest absolute Gasteiger partial charge is 0.378 e. The fraction of sp³-hybridized carbons (Fsp3) is 0.250. The Morgan fingerprint density at radius 3 is 2.88 bits per heavy atom. The Kier molecular flexibility index (Phi) is 3.93. The topological polar surface area (TPSA) is 29.9 Å². The van der Waals surface area contributed by atoms with E-state index in [1.165, 1.54) is 9.13 Å². The van der Waals surface area contributed by atoms with Crippen LogP contribution in [0.1, 0.15) is 11.4 Å². The Morgan fingerprint density at radius 1 is 1.47 bits per heavy atom. The number of aryl methyl sites for hydroxylation is 1. The van der Waals surface area contributed by atoms with Crippen molar-refractivity contribution in [3.63, 3.8) is 0 Å². The average Bonchev–Trinajstić information content (AvgIpc) is 2.62. The highest BCUT2D eigenvalue weighted by Gasteiger charge is 2.05. The summed E-state index contributed by atoms with van der Waals surface area (Å²) in [5.74, 6) is 0.924. The number of nitrogens with zero attached hydrogens (tertiary/aromatic N) is 2. The highest BCUT2D eigenvalue weighted by molar-refractivity contribution is 14.1. The van der Waals surface area contributed by atoms with Gasteiger partial charge in [-0.15, -0.1) is 0 Å². The van der Waals surface area contributed by atoms with Crippen LogP contribution >= 0.6 is 34.2 Å². The van der Waals surface area contributed by atoms with Crippen molar-refractivity contribution in [1.29, 1.82) is 0 Å². The van der Waals surface area contributed by atoms with E-state index in [-0.39, 0.29) is 0 Å². The summed E-state index contributed by atoms with van der Waals surface area (Å²) in [5, 5.41) is 4.03. The van der Waals surface area contributed by atoms with Gasteiger partial charge in [0, 0.05) is 16.3 Å². The lowest BCUT2D eigenvalue weighted by Crippen LogP contribution is -2.07. The molecule has 0 radical (unpaired) electrons. The maximum atomic E-state index is 5.94. The number of rotatable bonds is 3. The Morgan fingerprint density at radius 2 is 2.24 bits per heavy atom. The molecule has 90 valence electrons. The number of anilines is 1. The molecule has 2 rings (SSSR count). The summed E-state index contributed by atoms with van der Waals surface area (Å²) in [6.45, 7) is 2.76. The first-order chi connectivity index (χ1) is 8.08. The van der Waals surface area contributed by atoms with Gasteiger partial charge in [0.2, 0.25) is 0 Å². The van der Waals surface area contributed by atoms with E-state index >= 15 is 0 Å². The second-order valence-corrected chi connectivity index (χ2v) is 5.50. The third kappa shape index (κ3) is 2.93. The number of aromatic nitrogens is 2. The Bertz CT molecular complexity index is 537. The van der Waals surface area contributed by atoms with Crippen molar-refractivity contribution in [2.24, 2.45) is 7.05 Å². The molecule has 5 heteroatoms. The molecule has 0 saturated carbocycles. The first-order valence-electron chi connectivity index (χ1n) is 5.24. The molecule has 1 heterocycles. The number of hydrogen-bond donors (Lipinski definition) is 1. The number of hydrogen-bond acceptors (Lipinski definition) is 2. The molecule has 0 aliphatic rings. The van der Waals surface area contributed by atoms with Crippen LogP contribution in [0.3, 0.4) is 0 Å². The van der Waals surface area contributed by atoms with Gasteiger partial charge in [0.1, 0.15) is 11.0 Å². The van der Waals surface area contributed by atoms with Gasteiger partial charge in [-0.2, -0.15) is 0 Å². The zero-order valence-electron chi connectivity index (χ0n) is 9.67. The standard InChI is InChI=1S/C12H13ClIN3/c1-8-3-4-9(14)5-10(8)15-7-12-16-6-11(13)17(12)2/h3-6,15H,7H2,1-2H3. The molecule has 0 unspecified atom stereocenters. The molecule has 0 aliphatic heterocycles. The normalized spacial score (nSPS) is 10.6. The monoisotopic (exact) mass is 361 g/mol. The van der Waals surface area contributed by atoms with Crippen LogP contribution in [0, 0.1) is 10.5 Å². The van der Waals surface area contributed by atoms with Crippen LogP contribution < -0.4 is 5.32 Å². The van der Waals surface area contributed by atoms with Gasteiger partial charge in [-0.05, 0) is 47.2 Å². The van der Waals surface area contributed by atoms with E-state index in [0.717, 1.165) is 11.5 Å². The van der Waals surface area contributed by atoms with E-state index in [1.807, 2.05) is 11.6 Å². The van der Waals surface area contributed by atoms with Crippen LogP contribution in [-0.4, -0.2) is 9.55 Å². The van der Waals surface area contributed by atoms with Crippen molar-refractivity contribution in [1.82, 2.24) is 9.55 Å². The lowest BCUT2D eigenvalue weighted by atomic mass is 10.2. The molecular weight excluding hydrogens is 349 g/mol. The number of benzene rings is 1. The molecule has 1 aromatic heterocycles. The van der Waals surface area contributed by atoms with Crippen LogP contribution in [0.2, 0.25) is 5.15 Å². The van der Waals surface area contributed by atoms with E-state index < -0.39 is 0 Å². The summed E-state index contributed by atoms with van der Waals surface area (Å²) in [5.41, 5.74) is 2.36. The molecule has 2 aromatic rings. The predicted molar refractivity (Wildman–Crippen MR) is 79.4 cm³/mol. The summed E-state index contributed by atoms with van der Waals surface area (Å²) in [6.07, 6.45) is 1.67. The minimum atomic E-state index is 0.654. The minimum Gasteiger partial charge on any atom is -0.378 e. The lowest BCUT2D eigenvalue weighted by molar-refractivity contribution is 0.813. The number of imidazole rings is 1. The molecule has 0 fully saturated rings. The van der Waals surface area contributed by atoms with Gasteiger partial charge < -0.3 is 9.88 Å². The maximum absolute atomic E-state index is 5.94. The van der Waals surface area contributed by atoms with E-state index in [4.69, 9.17) is 11.6 Å². The summed E-state index contributed by atoms with van der Waals surface area (Å²) < 4.78 is 3.09. The van der Waals surface area contributed by atoms with E-state index in [9.17, 15) is 0 Å². The molecule has 3 nitrogen and oxygen atoms in total. The van der Waals surface area contributed by atoms with Crippen molar-refractivity contribution >= 4 is 39.9 Å². The predicted octanol–water partition coefficient (Wildman–Crippen LogP) is 3.60. The van der Waals surface area contributed by atoms with Crippen molar-refractivity contribution in [2.45, 2.75) is 13.5 Å². The van der Waals surface area contributed by atoms with Crippen molar-refractivity contribution in [2.75, 3.05) is 5.32 Å². The molecule has 0 atom stereocenters. The molecule has 0 aliphatic carbocycles. The quantitative estimate of drug-likeness (QED) is 0.847. The zero-order chi connectivity index (χ0) is 12.4. The van der Waals surface area contributed by atoms with Crippen LogP contribution in [-0.2, 0) is 13.6 Å². The van der Waals surface area contributed by atoms with Crippen LogP contribution in [0.25, 0.3) is 0 Å². The molecule has 1 aromatic carbocycles. The van der Waals surface area contributed by atoms with Gasteiger partial charge in [-0.1, -0.05) is 17.7 Å². The molecule has 0 saturated heterocycles. The van der Waals surface area contributed by atoms with Crippen LogP contribution in [0.5, 0.6) is 0 Å². The van der Waals surface area contributed by atoms with Crippen LogP contribution in [0.4, 0.5) is 5.69 Å². The Labute approximate surface area is 119 Å². The SMILES string of the molecule is Cc1ccc(I)cc1NCc1ncc(Cl)n1C. The zero-order valence-corrected chi connectivity index (χ0v) is 12.6. The average molecular weight is 362 g/mol. The molecule has 17 heavy (non-hydrogen) atoms. The van der Waals surface area contributed by atoms with E-state index in [2.05, 4.69) is 58.0 Å². The van der Waals surface area contributed by atoms with Gasteiger partial charge in [-0.3, -0.25) is 0 Å². The molecule has 0 bridgehead atoms. The first-order valence-corrected chi connectivity index (χ1v) is 6.69.